The van der Waals surface area contributed by atoms with Crippen molar-refractivity contribution in [1.29, 1.82) is 0 Å². The maximum atomic E-state index is 5.40. The molecule has 0 saturated heterocycles. The fourth-order valence-corrected chi connectivity index (χ4v) is 0.945. The van der Waals surface area contributed by atoms with Crippen LogP contribution in [0.5, 0.6) is 0 Å². The Morgan fingerprint density at radius 2 is 2.57 bits per heavy atom. The third kappa shape index (κ3) is 0.838. The van der Waals surface area contributed by atoms with Gasteiger partial charge in [-0.2, -0.15) is 4.37 Å². The molecule has 0 bridgehead atoms. The Bertz CT molecular complexity index is 145. The maximum absolute atomic E-state index is 5.40. The van der Waals surface area contributed by atoms with E-state index < -0.39 is 0 Å². The molecule has 0 aliphatic rings. The number of nitrogens with two attached hydrogens (primary N) is 1. The first-order valence-electron chi connectivity index (χ1n) is 1.66. The molecule has 2 N–H and O–H groups in total. The normalized spacial score (nSPS) is 9.29. The van der Waals surface area contributed by atoms with Gasteiger partial charge in [-0.15, -0.1) is 0 Å². The molecule has 7 heavy (non-hydrogen) atoms. The van der Waals surface area contributed by atoms with Gasteiger partial charge in [-0.1, -0.05) is 11.6 Å². The van der Waals surface area contributed by atoms with Crippen LogP contribution >= 0.6 is 23.1 Å². The molecular weight excluding hydrogens is 132 g/mol. The third-order valence-electron chi connectivity index (χ3n) is 0.551. The molecule has 0 atom stereocenters. The van der Waals surface area contributed by atoms with Crippen LogP contribution in [0.15, 0.2) is 5.38 Å². The van der Waals surface area contributed by atoms with Crippen LogP contribution in [-0.4, -0.2) is 4.37 Å². The molecule has 1 aromatic rings. The predicted molar refractivity (Wildman–Crippen MR) is 31.5 cm³/mol. The van der Waals surface area contributed by atoms with Crippen LogP contribution in [0.2, 0.25) is 5.15 Å². The van der Waals surface area contributed by atoms with Gasteiger partial charge in [0.25, 0.3) is 0 Å². The summed E-state index contributed by atoms with van der Waals surface area (Å²) in [7, 11) is 0. The molecule has 0 fully saturated rings. The fourth-order valence-electron chi connectivity index (χ4n) is 0.231. The molecule has 1 rings (SSSR count). The highest BCUT2D eigenvalue weighted by Crippen LogP contribution is 2.16. The zero-order valence-electron chi connectivity index (χ0n) is 3.39. The van der Waals surface area contributed by atoms with Gasteiger partial charge in [0.15, 0.2) is 5.15 Å². The van der Waals surface area contributed by atoms with Crippen LogP contribution in [0.4, 0.5) is 5.69 Å². The average Bonchev–Trinajstić information content (AvgIpc) is 1.91. The summed E-state index contributed by atoms with van der Waals surface area (Å²) in [5, 5.41) is 2.10. The molecule has 0 aromatic carbocycles. The van der Waals surface area contributed by atoms with Gasteiger partial charge in [0, 0.05) is 5.38 Å². The number of hydrogen-bond donors (Lipinski definition) is 1. The van der Waals surface area contributed by atoms with E-state index in [0.717, 1.165) is 0 Å². The van der Waals surface area contributed by atoms with E-state index >= 15 is 0 Å². The first-order chi connectivity index (χ1) is 3.30. The Kier molecular flexibility index (Phi) is 1.17. The highest BCUT2D eigenvalue weighted by molar-refractivity contribution is 7.04. The second-order valence-corrected chi connectivity index (χ2v) is 2.05. The van der Waals surface area contributed by atoms with Gasteiger partial charge >= 0.3 is 0 Å². The van der Waals surface area contributed by atoms with Crippen molar-refractivity contribution in [3.63, 3.8) is 0 Å². The summed E-state index contributed by atoms with van der Waals surface area (Å²) in [5.41, 5.74) is 5.82. The van der Waals surface area contributed by atoms with Gasteiger partial charge < -0.3 is 5.73 Å². The Morgan fingerprint density at radius 1 is 1.86 bits per heavy atom. The molecule has 0 spiro atoms. The molecule has 2 nitrogen and oxygen atoms in total. The van der Waals surface area contributed by atoms with Gasteiger partial charge in [-0.3, -0.25) is 0 Å². The topological polar surface area (TPSA) is 38.9 Å². The lowest BCUT2D eigenvalue weighted by Crippen LogP contribution is -1.78. The number of aromatic nitrogens is 1. The van der Waals surface area contributed by atoms with Crippen LogP contribution in [-0.2, 0) is 0 Å². The summed E-state index contributed by atoms with van der Waals surface area (Å²) in [6.07, 6.45) is 0. The molecule has 1 heterocycles. The zero-order chi connectivity index (χ0) is 5.28. The third-order valence-corrected chi connectivity index (χ3v) is 1.60. The lowest BCUT2D eigenvalue weighted by atomic mass is 10.6. The molecule has 0 amide bonds. The Labute approximate surface area is 50.1 Å². The molecule has 0 saturated carbocycles. The fraction of sp³-hybridized carbons (Fsp3) is 0. The summed E-state index contributed by atoms with van der Waals surface area (Å²) in [6.45, 7) is 0. The summed E-state index contributed by atoms with van der Waals surface area (Å²) < 4.78 is 3.70. The summed E-state index contributed by atoms with van der Waals surface area (Å²) >= 11 is 6.66. The minimum Gasteiger partial charge on any atom is -0.396 e. The molecule has 0 aliphatic carbocycles. The standard InChI is InChI=1S/C3H3ClN2S/c4-3-2(5)1-7-6-3/h1H,5H2. The minimum absolute atomic E-state index is 0.407. The number of anilines is 1. The average molecular weight is 135 g/mol. The van der Waals surface area contributed by atoms with Crippen molar-refractivity contribution in [3.8, 4) is 0 Å². The van der Waals surface area contributed by atoms with E-state index in [1.165, 1.54) is 11.5 Å². The first kappa shape index (κ1) is 4.87. The van der Waals surface area contributed by atoms with Crippen molar-refractivity contribution in [2.75, 3.05) is 5.73 Å². The maximum Gasteiger partial charge on any atom is 0.165 e. The zero-order valence-corrected chi connectivity index (χ0v) is 4.96. The highest BCUT2D eigenvalue weighted by atomic mass is 35.5. The summed E-state index contributed by atoms with van der Waals surface area (Å²) in [6, 6.07) is 0. The van der Waals surface area contributed by atoms with Crippen molar-refractivity contribution in [2.45, 2.75) is 0 Å². The monoisotopic (exact) mass is 134 g/mol. The highest BCUT2D eigenvalue weighted by Gasteiger charge is 1.92. The Hall–Kier alpha value is -0.280. The summed E-state index contributed by atoms with van der Waals surface area (Å²) in [5.74, 6) is 0. The van der Waals surface area contributed by atoms with Crippen molar-refractivity contribution in [2.24, 2.45) is 0 Å². The summed E-state index contributed by atoms with van der Waals surface area (Å²) in [4.78, 5) is 0. The van der Waals surface area contributed by atoms with E-state index in [9.17, 15) is 0 Å². The number of nitrogens with zero attached hydrogens (tertiary/aromatic N) is 1. The van der Waals surface area contributed by atoms with E-state index in [1.807, 2.05) is 0 Å². The molecule has 1 aromatic heterocycles. The van der Waals surface area contributed by atoms with Gasteiger partial charge in [-0.05, 0) is 11.5 Å². The van der Waals surface area contributed by atoms with Crippen LogP contribution in [0.25, 0.3) is 0 Å². The second kappa shape index (κ2) is 1.68. The van der Waals surface area contributed by atoms with Gasteiger partial charge in [0.2, 0.25) is 0 Å². The molecule has 0 unspecified atom stereocenters. The van der Waals surface area contributed by atoms with Crippen LogP contribution in [0, 0.1) is 0 Å². The van der Waals surface area contributed by atoms with E-state index in [4.69, 9.17) is 17.3 Å². The van der Waals surface area contributed by atoms with E-state index in [1.54, 1.807) is 5.38 Å². The molecular formula is C3H3ClN2S. The lowest BCUT2D eigenvalue weighted by Gasteiger charge is -1.76. The molecule has 0 radical (unpaired) electrons. The van der Waals surface area contributed by atoms with E-state index in [0.29, 0.717) is 10.8 Å². The number of nitrogen functional groups attached to an aromatic ring is 1. The largest absolute Gasteiger partial charge is 0.396 e. The van der Waals surface area contributed by atoms with Crippen molar-refractivity contribution >= 4 is 28.8 Å². The van der Waals surface area contributed by atoms with Crippen LogP contribution in [0.1, 0.15) is 0 Å². The van der Waals surface area contributed by atoms with Crippen molar-refractivity contribution in [3.05, 3.63) is 10.5 Å². The number of hydrogen-bond acceptors (Lipinski definition) is 3. The number of rotatable bonds is 0. The Morgan fingerprint density at radius 3 is 2.71 bits per heavy atom. The Balaban J connectivity index is 3.12. The predicted octanol–water partition coefficient (Wildman–Crippen LogP) is 1.38. The van der Waals surface area contributed by atoms with Crippen molar-refractivity contribution < 1.29 is 0 Å². The first-order valence-corrected chi connectivity index (χ1v) is 2.87. The van der Waals surface area contributed by atoms with E-state index in [-0.39, 0.29) is 0 Å². The van der Waals surface area contributed by atoms with Crippen molar-refractivity contribution in [1.82, 2.24) is 4.37 Å². The quantitative estimate of drug-likeness (QED) is 0.582. The smallest absolute Gasteiger partial charge is 0.165 e. The lowest BCUT2D eigenvalue weighted by molar-refractivity contribution is 1.57. The van der Waals surface area contributed by atoms with Gasteiger partial charge in [0.1, 0.15) is 0 Å². The molecule has 38 valence electrons. The minimum atomic E-state index is 0.407. The van der Waals surface area contributed by atoms with Crippen LogP contribution < -0.4 is 5.73 Å². The SMILES string of the molecule is Nc1csnc1Cl. The second-order valence-electron chi connectivity index (χ2n) is 1.06. The number of halogens is 1. The van der Waals surface area contributed by atoms with E-state index in [2.05, 4.69) is 4.37 Å². The molecule has 0 aliphatic heterocycles. The van der Waals surface area contributed by atoms with Gasteiger partial charge in [0.05, 0.1) is 5.69 Å². The van der Waals surface area contributed by atoms with Gasteiger partial charge in [-0.25, -0.2) is 0 Å². The molecule has 4 heteroatoms. The van der Waals surface area contributed by atoms with Crippen LogP contribution in [0.3, 0.4) is 0 Å².